The monoisotopic (exact) mass is 601 g/mol. The first-order chi connectivity index (χ1) is 20.4. The van der Waals surface area contributed by atoms with Crippen LogP contribution >= 0.6 is 24.0 Å². The minimum Gasteiger partial charge on any atom is -0.497 e. The van der Waals surface area contributed by atoms with E-state index in [0.29, 0.717) is 71.1 Å². The van der Waals surface area contributed by atoms with Crippen molar-refractivity contribution < 1.29 is 13.9 Å². The molecule has 6 rings (SSSR count). The van der Waals surface area contributed by atoms with Gasteiger partial charge in [-0.2, -0.15) is 0 Å². The Kier molecular flexibility index (Phi) is 7.94. The predicted molar refractivity (Wildman–Crippen MR) is 169 cm³/mol. The van der Waals surface area contributed by atoms with E-state index in [0.717, 1.165) is 11.3 Å². The second kappa shape index (κ2) is 11.9. The van der Waals surface area contributed by atoms with Gasteiger partial charge in [0.1, 0.15) is 27.4 Å². The second-order valence-corrected chi connectivity index (χ2v) is 11.6. The van der Waals surface area contributed by atoms with Crippen LogP contribution in [0.15, 0.2) is 82.6 Å². The lowest BCUT2D eigenvalue weighted by Crippen LogP contribution is -2.47. The summed E-state index contributed by atoms with van der Waals surface area (Å²) in [7, 11) is 1.62. The Bertz CT molecular complexity index is 1750. The van der Waals surface area contributed by atoms with Crippen LogP contribution in [0.3, 0.4) is 0 Å². The molecule has 0 atom stereocenters. The number of nitrogens with zero attached hydrogens (tertiary/aromatic N) is 5. The van der Waals surface area contributed by atoms with Crippen LogP contribution in [-0.4, -0.2) is 64.3 Å². The van der Waals surface area contributed by atoms with Gasteiger partial charge in [-0.3, -0.25) is 18.9 Å². The molecule has 0 unspecified atom stereocenters. The van der Waals surface area contributed by atoms with Crippen LogP contribution in [0.1, 0.15) is 11.1 Å². The fourth-order valence-corrected chi connectivity index (χ4v) is 6.47. The van der Waals surface area contributed by atoms with Crippen LogP contribution in [0.25, 0.3) is 11.7 Å². The van der Waals surface area contributed by atoms with E-state index in [9.17, 15) is 14.0 Å². The fraction of sp³-hybridized carbons (Fsp3) is 0.226. The largest absolute Gasteiger partial charge is 0.497 e. The number of para-hydroxylation sites is 1. The molecule has 1 amide bonds. The Balaban J connectivity index is 1.27. The molecule has 2 aliphatic heterocycles. The summed E-state index contributed by atoms with van der Waals surface area (Å²) in [4.78, 5) is 38.1. The Morgan fingerprint density at radius 2 is 1.69 bits per heavy atom. The zero-order chi connectivity index (χ0) is 29.2. The van der Waals surface area contributed by atoms with Gasteiger partial charge >= 0.3 is 0 Å². The van der Waals surface area contributed by atoms with Crippen LogP contribution in [0.4, 0.5) is 15.9 Å². The molecule has 0 N–H and O–H groups in total. The van der Waals surface area contributed by atoms with E-state index in [1.54, 1.807) is 48.5 Å². The SMILES string of the molecule is COc1ccc(CCN2C(=O)C(=Cc3c(N4CCN(c5ccccc5F)CC4)nc4ccccn4c3=O)SC2=S)cc1. The maximum absolute atomic E-state index is 14.4. The molecular weight excluding hydrogens is 574 g/mol. The summed E-state index contributed by atoms with van der Waals surface area (Å²) in [5, 5.41) is 0. The number of methoxy groups -OCH3 is 1. The van der Waals surface area contributed by atoms with Gasteiger partial charge in [0.2, 0.25) is 0 Å². The highest BCUT2D eigenvalue weighted by Crippen LogP contribution is 2.34. The Morgan fingerprint density at radius 3 is 2.43 bits per heavy atom. The summed E-state index contributed by atoms with van der Waals surface area (Å²) >= 11 is 6.76. The molecule has 42 heavy (non-hydrogen) atoms. The van der Waals surface area contributed by atoms with E-state index in [-0.39, 0.29) is 17.3 Å². The third-order valence-electron chi connectivity index (χ3n) is 7.45. The van der Waals surface area contributed by atoms with Crippen molar-refractivity contribution in [2.24, 2.45) is 0 Å². The number of halogens is 1. The zero-order valence-corrected chi connectivity index (χ0v) is 24.5. The molecule has 8 nitrogen and oxygen atoms in total. The molecule has 2 aromatic heterocycles. The number of amides is 1. The van der Waals surface area contributed by atoms with Gasteiger partial charge < -0.3 is 14.5 Å². The van der Waals surface area contributed by atoms with Crippen LogP contribution in [0.5, 0.6) is 5.75 Å². The highest BCUT2D eigenvalue weighted by Gasteiger charge is 2.33. The summed E-state index contributed by atoms with van der Waals surface area (Å²) in [6.45, 7) is 2.61. The lowest BCUT2D eigenvalue weighted by molar-refractivity contribution is -0.122. The first kappa shape index (κ1) is 27.9. The van der Waals surface area contributed by atoms with Crippen molar-refractivity contribution >= 4 is 57.4 Å². The number of pyridine rings is 1. The fourth-order valence-electron chi connectivity index (χ4n) is 5.18. The highest BCUT2D eigenvalue weighted by atomic mass is 32.2. The molecule has 2 aliphatic rings. The maximum Gasteiger partial charge on any atom is 0.267 e. The van der Waals surface area contributed by atoms with Gasteiger partial charge in [-0.05, 0) is 54.5 Å². The van der Waals surface area contributed by atoms with E-state index < -0.39 is 0 Å². The number of thioether (sulfide) groups is 1. The average molecular weight is 602 g/mol. The number of anilines is 2. The Hall–Kier alpha value is -4.22. The molecule has 4 aromatic rings. The highest BCUT2D eigenvalue weighted by molar-refractivity contribution is 8.26. The van der Waals surface area contributed by atoms with E-state index in [2.05, 4.69) is 0 Å². The van der Waals surface area contributed by atoms with Gasteiger partial charge in [0.05, 0.1) is 23.3 Å². The molecule has 2 fully saturated rings. The molecule has 0 aliphatic carbocycles. The topological polar surface area (TPSA) is 70.4 Å². The maximum atomic E-state index is 14.4. The molecule has 0 saturated carbocycles. The van der Waals surface area contributed by atoms with Crippen molar-refractivity contribution in [2.45, 2.75) is 6.42 Å². The molecule has 0 spiro atoms. The molecule has 4 heterocycles. The number of hydrogen-bond donors (Lipinski definition) is 0. The van der Waals surface area contributed by atoms with Crippen molar-refractivity contribution in [3.63, 3.8) is 0 Å². The quantitative estimate of drug-likeness (QED) is 0.225. The minimum atomic E-state index is -0.268. The van der Waals surface area contributed by atoms with Gasteiger partial charge in [0.15, 0.2) is 0 Å². The van der Waals surface area contributed by atoms with Gasteiger partial charge in [-0.1, -0.05) is 54.3 Å². The number of fused-ring (bicyclic) bond motifs is 1. The van der Waals surface area contributed by atoms with Gasteiger partial charge in [-0.15, -0.1) is 0 Å². The molecule has 11 heteroatoms. The number of benzene rings is 2. The molecule has 2 aromatic carbocycles. The van der Waals surface area contributed by atoms with Crippen molar-refractivity contribution in [2.75, 3.05) is 49.6 Å². The zero-order valence-electron chi connectivity index (χ0n) is 22.9. The van der Waals surface area contributed by atoms with Crippen LogP contribution in [0.2, 0.25) is 0 Å². The number of carbonyl (C=O) groups is 1. The number of hydrogen-bond acceptors (Lipinski definition) is 8. The summed E-state index contributed by atoms with van der Waals surface area (Å²) < 4.78 is 21.6. The first-order valence-electron chi connectivity index (χ1n) is 13.6. The second-order valence-electron chi connectivity index (χ2n) is 9.94. The molecular formula is C31H28FN5O3S2. The summed E-state index contributed by atoms with van der Waals surface area (Å²) in [5.74, 6) is 0.782. The molecule has 0 bridgehead atoms. The first-order valence-corrected chi connectivity index (χ1v) is 14.8. The van der Waals surface area contributed by atoms with Crippen molar-refractivity contribution in [1.29, 1.82) is 0 Å². The van der Waals surface area contributed by atoms with Gasteiger partial charge in [0.25, 0.3) is 11.5 Å². The summed E-state index contributed by atoms with van der Waals surface area (Å²) in [6.07, 6.45) is 3.92. The lowest BCUT2D eigenvalue weighted by atomic mass is 10.1. The molecule has 214 valence electrons. The normalized spacial score (nSPS) is 16.6. The predicted octanol–water partition coefficient (Wildman–Crippen LogP) is 4.61. The van der Waals surface area contributed by atoms with E-state index in [4.69, 9.17) is 21.9 Å². The van der Waals surface area contributed by atoms with Gasteiger partial charge in [-0.25, -0.2) is 9.37 Å². The smallest absolute Gasteiger partial charge is 0.267 e. The molecule has 2 saturated heterocycles. The van der Waals surface area contributed by atoms with Crippen LogP contribution in [0, 0.1) is 5.82 Å². The third kappa shape index (κ3) is 5.49. The van der Waals surface area contributed by atoms with Crippen LogP contribution < -0.4 is 20.1 Å². The number of aromatic nitrogens is 2. The molecule has 0 radical (unpaired) electrons. The van der Waals surface area contributed by atoms with Gasteiger partial charge in [0, 0.05) is 38.9 Å². The number of ether oxygens (including phenoxy) is 1. The number of piperazine rings is 1. The van der Waals surface area contributed by atoms with Crippen molar-refractivity contribution in [1.82, 2.24) is 14.3 Å². The number of thiocarbonyl (C=S) groups is 1. The van der Waals surface area contributed by atoms with E-state index in [1.165, 1.54) is 22.2 Å². The van der Waals surface area contributed by atoms with Crippen LogP contribution in [-0.2, 0) is 11.2 Å². The number of carbonyl (C=O) groups excluding carboxylic acids is 1. The third-order valence-corrected chi connectivity index (χ3v) is 8.83. The summed E-state index contributed by atoms with van der Waals surface area (Å²) in [6, 6.07) is 19.8. The summed E-state index contributed by atoms with van der Waals surface area (Å²) in [5.41, 5.74) is 2.19. The van der Waals surface area contributed by atoms with Crippen molar-refractivity contribution in [3.05, 3.63) is 105 Å². The lowest BCUT2D eigenvalue weighted by Gasteiger charge is -2.37. The minimum absolute atomic E-state index is 0.230. The van der Waals surface area contributed by atoms with Crippen molar-refractivity contribution in [3.8, 4) is 5.75 Å². The Morgan fingerprint density at radius 1 is 0.976 bits per heavy atom. The Labute approximate surface area is 252 Å². The number of rotatable bonds is 7. The van der Waals surface area contributed by atoms with E-state index >= 15 is 0 Å². The standard InChI is InChI=1S/C31H28FN5O3S2/c1-40-22-11-9-21(10-12-22)13-15-37-30(39)26(42-31(37)41)20-23-28(33-27-8-4-5-14-36(27)29(23)38)35-18-16-34(17-19-35)25-7-3-2-6-24(25)32/h2-12,14,20H,13,15-19H2,1H3. The van der Waals surface area contributed by atoms with E-state index in [1.807, 2.05) is 46.2 Å². The average Bonchev–Trinajstić information content (AvgIpc) is 3.29.